The van der Waals surface area contributed by atoms with Crippen molar-refractivity contribution in [3.05, 3.63) is 0 Å². The first-order valence-corrected chi connectivity index (χ1v) is 7.72. The number of rotatable bonds is 3. The summed E-state index contributed by atoms with van der Waals surface area (Å²) in [4.78, 5) is 2.16. The number of hydrogen-bond acceptors (Lipinski definition) is 2. The average molecular weight is 273 g/mol. The van der Waals surface area contributed by atoms with Crippen LogP contribution in [0.15, 0.2) is 0 Å². The molecule has 0 unspecified atom stereocenters. The molecule has 0 aromatic heterocycles. The fourth-order valence-corrected chi connectivity index (χ4v) is 4.19. The topological polar surface area (TPSA) is 23.5 Å². The minimum Gasteiger partial charge on any atom is -0.396 e. The molecule has 0 bridgehead atoms. The maximum Gasteiger partial charge on any atom is 0.258 e. The van der Waals surface area contributed by atoms with Gasteiger partial charge >= 0.3 is 0 Å². The van der Waals surface area contributed by atoms with Gasteiger partial charge < -0.3 is 10.0 Å². The molecule has 1 saturated heterocycles. The molecule has 0 aromatic carbocycles. The minimum atomic E-state index is -2.64. The molecule has 0 aromatic rings. The molecule has 1 atom stereocenters. The van der Waals surface area contributed by atoms with Crippen LogP contribution < -0.4 is 0 Å². The highest BCUT2D eigenvalue weighted by Gasteiger charge is 2.71. The lowest BCUT2D eigenvalue weighted by Crippen LogP contribution is -2.44. The molecular weight excluding hydrogens is 248 g/mol. The molecule has 1 spiro atoms. The summed E-state index contributed by atoms with van der Waals surface area (Å²) in [6, 6.07) is 0. The summed E-state index contributed by atoms with van der Waals surface area (Å²) < 4.78 is 26.7. The van der Waals surface area contributed by atoms with E-state index < -0.39 is 11.3 Å². The number of alkyl halides is 2. The van der Waals surface area contributed by atoms with Crippen molar-refractivity contribution in [3.63, 3.8) is 0 Å². The highest BCUT2D eigenvalue weighted by atomic mass is 19.3. The second-order valence-electron chi connectivity index (χ2n) is 7.16. The van der Waals surface area contributed by atoms with Gasteiger partial charge in [-0.3, -0.25) is 0 Å². The Balaban J connectivity index is 1.53. The average Bonchev–Trinajstić information content (AvgIpc) is 2.96. The van der Waals surface area contributed by atoms with Gasteiger partial charge in [0.05, 0.1) is 12.0 Å². The van der Waals surface area contributed by atoms with Crippen LogP contribution in [-0.4, -0.2) is 42.2 Å². The Morgan fingerprint density at radius 1 is 0.947 bits per heavy atom. The molecular formula is C15H25F2NO. The van der Waals surface area contributed by atoms with Crippen LogP contribution in [-0.2, 0) is 0 Å². The fourth-order valence-electron chi connectivity index (χ4n) is 4.19. The first-order chi connectivity index (χ1) is 9.01. The van der Waals surface area contributed by atoms with Crippen molar-refractivity contribution in [1.82, 2.24) is 4.90 Å². The largest absolute Gasteiger partial charge is 0.396 e. The zero-order valence-electron chi connectivity index (χ0n) is 11.6. The van der Waals surface area contributed by atoms with Crippen molar-refractivity contribution in [2.24, 2.45) is 10.8 Å². The van der Waals surface area contributed by atoms with Gasteiger partial charge in [-0.2, -0.15) is 0 Å². The number of aliphatic hydroxyl groups is 1. The summed E-state index contributed by atoms with van der Waals surface area (Å²) in [6.45, 7) is 1.89. The van der Waals surface area contributed by atoms with Crippen molar-refractivity contribution < 1.29 is 13.9 Å². The number of nitrogens with zero attached hydrogens (tertiary/aromatic N) is 1. The van der Waals surface area contributed by atoms with E-state index in [-0.39, 0.29) is 13.0 Å². The molecule has 3 rings (SSSR count). The quantitative estimate of drug-likeness (QED) is 0.854. The zero-order chi connectivity index (χ0) is 13.6. The molecule has 1 aliphatic heterocycles. The molecule has 2 nitrogen and oxygen atoms in total. The van der Waals surface area contributed by atoms with E-state index in [9.17, 15) is 13.9 Å². The molecule has 0 amide bonds. The van der Waals surface area contributed by atoms with E-state index >= 15 is 0 Å². The van der Waals surface area contributed by atoms with Crippen LogP contribution in [0.1, 0.15) is 51.4 Å². The second-order valence-corrected chi connectivity index (χ2v) is 7.16. The normalized spacial score (nSPS) is 37.4. The van der Waals surface area contributed by atoms with E-state index in [2.05, 4.69) is 4.90 Å². The molecule has 2 saturated carbocycles. The summed E-state index contributed by atoms with van der Waals surface area (Å²) >= 11 is 0. The molecule has 1 N–H and O–H groups in total. The van der Waals surface area contributed by atoms with Crippen LogP contribution in [0.25, 0.3) is 0 Å². The van der Waals surface area contributed by atoms with E-state index in [1.807, 2.05) is 0 Å². The minimum absolute atomic E-state index is 0.127. The number of hydrogen-bond donors (Lipinski definition) is 1. The molecule has 4 heteroatoms. The second kappa shape index (κ2) is 4.66. The maximum absolute atomic E-state index is 13.4. The third-order valence-electron chi connectivity index (χ3n) is 5.87. The Kier molecular flexibility index (Phi) is 3.37. The Morgan fingerprint density at radius 2 is 1.53 bits per heavy atom. The number of aliphatic hydroxyl groups excluding tert-OH is 1. The smallest absolute Gasteiger partial charge is 0.258 e. The molecule has 1 heterocycles. The van der Waals surface area contributed by atoms with Crippen molar-refractivity contribution in [2.75, 3.05) is 26.2 Å². The Labute approximate surface area is 114 Å². The lowest BCUT2D eigenvalue weighted by atomic mass is 9.68. The maximum atomic E-state index is 13.4. The van der Waals surface area contributed by atoms with Crippen LogP contribution in [0.2, 0.25) is 0 Å². The van der Waals surface area contributed by atoms with E-state index in [1.54, 1.807) is 0 Å². The van der Waals surface area contributed by atoms with Gasteiger partial charge in [-0.05, 0) is 44.2 Å². The SMILES string of the molecule is OC[C@@]1(CN2CCC3(CCCCC3)CC2)CC1(F)F. The molecule has 3 fully saturated rings. The van der Waals surface area contributed by atoms with Crippen LogP contribution in [0.4, 0.5) is 8.78 Å². The highest BCUT2D eigenvalue weighted by molar-refractivity contribution is 5.11. The molecule has 3 aliphatic rings. The Bertz CT molecular complexity index is 331. The Morgan fingerprint density at radius 3 is 2.00 bits per heavy atom. The van der Waals surface area contributed by atoms with Crippen LogP contribution >= 0.6 is 0 Å². The van der Waals surface area contributed by atoms with Crippen LogP contribution in [0, 0.1) is 10.8 Å². The van der Waals surface area contributed by atoms with Gasteiger partial charge in [-0.1, -0.05) is 19.3 Å². The van der Waals surface area contributed by atoms with Gasteiger partial charge in [-0.25, -0.2) is 8.78 Å². The predicted octanol–water partition coefficient (Wildman–Crippen LogP) is 3.05. The van der Waals surface area contributed by atoms with Crippen LogP contribution in [0.5, 0.6) is 0 Å². The summed E-state index contributed by atoms with van der Waals surface area (Å²) in [6.07, 6.45) is 8.94. The van der Waals surface area contributed by atoms with Gasteiger partial charge in [0.1, 0.15) is 0 Å². The third kappa shape index (κ3) is 2.42. The van der Waals surface area contributed by atoms with Crippen LogP contribution in [0.3, 0.4) is 0 Å². The summed E-state index contributed by atoms with van der Waals surface area (Å²) in [5.41, 5.74) is -0.600. The first-order valence-electron chi connectivity index (χ1n) is 7.72. The monoisotopic (exact) mass is 273 g/mol. The van der Waals surface area contributed by atoms with Crippen molar-refractivity contribution in [2.45, 2.75) is 57.3 Å². The third-order valence-corrected chi connectivity index (χ3v) is 5.87. The first kappa shape index (κ1) is 13.7. The molecule has 2 aliphatic carbocycles. The number of piperidine rings is 1. The van der Waals surface area contributed by atoms with Crippen molar-refractivity contribution in [3.8, 4) is 0 Å². The Hall–Kier alpha value is -0.220. The summed E-state index contributed by atoms with van der Waals surface area (Å²) in [5.74, 6) is -2.64. The van der Waals surface area contributed by atoms with Gasteiger partial charge in [-0.15, -0.1) is 0 Å². The zero-order valence-corrected chi connectivity index (χ0v) is 11.6. The number of likely N-dealkylation sites (tertiary alicyclic amines) is 1. The number of halogens is 2. The van der Waals surface area contributed by atoms with Gasteiger partial charge in [0.2, 0.25) is 0 Å². The lowest BCUT2D eigenvalue weighted by Gasteiger charge is -2.45. The van der Waals surface area contributed by atoms with E-state index in [4.69, 9.17) is 0 Å². The fraction of sp³-hybridized carbons (Fsp3) is 1.00. The van der Waals surface area contributed by atoms with Crippen molar-refractivity contribution >= 4 is 0 Å². The van der Waals surface area contributed by atoms with E-state index in [1.165, 1.54) is 44.9 Å². The van der Waals surface area contributed by atoms with Gasteiger partial charge in [0, 0.05) is 13.0 Å². The van der Waals surface area contributed by atoms with Gasteiger partial charge in [0.25, 0.3) is 5.92 Å². The molecule has 0 radical (unpaired) electrons. The standard InChI is InChI=1S/C15H25F2NO/c16-15(17)10-14(15,12-19)11-18-8-6-13(7-9-18)4-2-1-3-5-13/h19H,1-12H2/t14-/m0/s1. The summed E-state index contributed by atoms with van der Waals surface area (Å²) in [5, 5.41) is 9.26. The van der Waals surface area contributed by atoms with Gasteiger partial charge in [0.15, 0.2) is 0 Å². The predicted molar refractivity (Wildman–Crippen MR) is 70.3 cm³/mol. The van der Waals surface area contributed by atoms with E-state index in [0.29, 0.717) is 12.0 Å². The summed E-state index contributed by atoms with van der Waals surface area (Å²) in [7, 11) is 0. The lowest BCUT2D eigenvalue weighted by molar-refractivity contribution is -0.000596. The molecule has 110 valence electrons. The molecule has 19 heavy (non-hydrogen) atoms. The van der Waals surface area contributed by atoms with Crippen molar-refractivity contribution in [1.29, 1.82) is 0 Å². The van der Waals surface area contributed by atoms with E-state index in [0.717, 1.165) is 13.1 Å². The highest BCUT2D eigenvalue weighted by Crippen LogP contribution is 2.60.